The molecule has 0 spiro atoms. The zero-order valence-corrected chi connectivity index (χ0v) is 20.4. The van der Waals surface area contributed by atoms with E-state index < -0.39 is 17.6 Å². The van der Waals surface area contributed by atoms with Crippen LogP contribution in [0.3, 0.4) is 0 Å². The molecule has 0 unspecified atom stereocenters. The number of carbonyl (C=O) groups excluding carboxylic acids is 1. The highest BCUT2D eigenvalue weighted by atomic mass is 19.4. The molecular formula is C25H31F3N6O3. The number of amidine groups is 2. The van der Waals surface area contributed by atoms with E-state index in [1.807, 2.05) is 4.90 Å². The molecule has 12 heteroatoms. The summed E-state index contributed by atoms with van der Waals surface area (Å²) in [5, 5.41) is 30.4. The number of nitrogens with two attached hydrogens (primary N) is 1. The Morgan fingerprint density at radius 2 is 1.89 bits per heavy atom. The molecule has 1 amide bonds. The van der Waals surface area contributed by atoms with Gasteiger partial charge in [-0.15, -0.1) is 0 Å². The number of amides is 1. The summed E-state index contributed by atoms with van der Waals surface area (Å²) in [6.07, 6.45) is -3.51. The molecule has 0 radical (unpaired) electrons. The normalized spacial score (nSPS) is 14.2. The van der Waals surface area contributed by atoms with Crippen molar-refractivity contribution in [2.75, 3.05) is 30.3 Å². The number of hydrogen-bond acceptors (Lipinski definition) is 6. The lowest BCUT2D eigenvalue weighted by atomic mass is 10.1. The number of alkyl halides is 3. The average molecular weight is 521 g/mol. The van der Waals surface area contributed by atoms with E-state index in [1.165, 1.54) is 30.3 Å². The minimum absolute atomic E-state index is 0.0536. The molecule has 1 heterocycles. The maximum atomic E-state index is 13.7. The number of rotatable bonds is 9. The van der Waals surface area contributed by atoms with E-state index in [1.54, 1.807) is 6.92 Å². The molecular weight excluding hydrogens is 489 g/mol. The molecule has 200 valence electrons. The number of nitrogens with one attached hydrogen (secondary N) is 4. The quantitative estimate of drug-likeness (QED) is 0.125. The molecule has 9 nitrogen and oxygen atoms in total. The smallest absolute Gasteiger partial charge is 0.420 e. The monoisotopic (exact) mass is 520 g/mol. The minimum Gasteiger partial charge on any atom is -0.506 e. The summed E-state index contributed by atoms with van der Waals surface area (Å²) in [5.41, 5.74) is 5.26. The van der Waals surface area contributed by atoms with Gasteiger partial charge in [0.25, 0.3) is 0 Å². The summed E-state index contributed by atoms with van der Waals surface area (Å²) >= 11 is 0. The second-order valence-electron chi connectivity index (χ2n) is 8.82. The molecule has 2 aromatic carbocycles. The fourth-order valence-corrected chi connectivity index (χ4v) is 3.95. The van der Waals surface area contributed by atoms with Gasteiger partial charge >= 0.3 is 6.18 Å². The van der Waals surface area contributed by atoms with Crippen LogP contribution >= 0.6 is 0 Å². The number of anilines is 2. The van der Waals surface area contributed by atoms with Crippen molar-refractivity contribution in [1.29, 1.82) is 10.8 Å². The summed E-state index contributed by atoms with van der Waals surface area (Å²) in [7, 11) is 0. The summed E-state index contributed by atoms with van der Waals surface area (Å²) in [4.78, 5) is 14.1. The molecule has 1 fully saturated rings. The van der Waals surface area contributed by atoms with Crippen LogP contribution in [0.1, 0.15) is 43.7 Å². The van der Waals surface area contributed by atoms with Crippen LogP contribution in [0, 0.1) is 10.8 Å². The fraction of sp³-hybridized carbons (Fsp3) is 0.400. The van der Waals surface area contributed by atoms with E-state index in [2.05, 4.69) is 10.6 Å². The highest BCUT2D eigenvalue weighted by Crippen LogP contribution is 2.39. The third kappa shape index (κ3) is 7.76. The number of nitrogens with zero attached hydrogens (tertiary/aromatic N) is 1. The maximum absolute atomic E-state index is 13.7. The lowest BCUT2D eigenvalue weighted by Gasteiger charge is -2.33. The van der Waals surface area contributed by atoms with E-state index in [0.717, 1.165) is 6.07 Å². The number of halogens is 3. The molecule has 0 aliphatic carbocycles. The molecule has 0 aromatic heterocycles. The van der Waals surface area contributed by atoms with Crippen LogP contribution in [-0.4, -0.2) is 53.3 Å². The van der Waals surface area contributed by atoms with E-state index in [4.69, 9.17) is 21.3 Å². The second-order valence-corrected chi connectivity index (χ2v) is 8.82. The van der Waals surface area contributed by atoms with Crippen LogP contribution in [-0.2, 0) is 11.0 Å². The first-order chi connectivity index (χ1) is 17.4. The highest BCUT2D eigenvalue weighted by molar-refractivity contribution is 5.98. The van der Waals surface area contributed by atoms with Gasteiger partial charge in [-0.2, -0.15) is 13.2 Å². The van der Waals surface area contributed by atoms with Gasteiger partial charge in [0.05, 0.1) is 17.1 Å². The summed E-state index contributed by atoms with van der Waals surface area (Å²) in [6, 6.07) is 7.96. The molecule has 0 saturated carbocycles. The summed E-state index contributed by atoms with van der Waals surface area (Å²) in [5.74, 6) is -0.578. The lowest BCUT2D eigenvalue weighted by molar-refractivity contribution is -0.139. The Kier molecular flexibility index (Phi) is 8.85. The fourth-order valence-electron chi connectivity index (χ4n) is 3.95. The molecule has 1 aliphatic rings. The van der Waals surface area contributed by atoms with Gasteiger partial charge < -0.3 is 31.1 Å². The number of ether oxygens (including phenoxy) is 1. The number of phenolic OH excluding ortho intramolecular Hbond substituents is 1. The first-order valence-corrected chi connectivity index (χ1v) is 11.8. The predicted molar refractivity (Wildman–Crippen MR) is 136 cm³/mol. The summed E-state index contributed by atoms with van der Waals surface area (Å²) < 4.78 is 46.9. The van der Waals surface area contributed by atoms with Gasteiger partial charge in [0.1, 0.15) is 23.4 Å². The summed E-state index contributed by atoms with van der Waals surface area (Å²) in [6.45, 7) is 3.05. The molecule has 0 bridgehead atoms. The van der Waals surface area contributed by atoms with Crippen molar-refractivity contribution in [3.8, 4) is 11.5 Å². The van der Waals surface area contributed by atoms with Gasteiger partial charge in [-0.25, -0.2) is 0 Å². The van der Waals surface area contributed by atoms with Crippen molar-refractivity contribution in [3.05, 3.63) is 47.5 Å². The molecule has 1 saturated heterocycles. The Bertz CT molecular complexity index is 1150. The lowest BCUT2D eigenvalue weighted by Crippen LogP contribution is -2.40. The largest absolute Gasteiger partial charge is 0.506 e. The third-order valence-electron chi connectivity index (χ3n) is 5.99. The van der Waals surface area contributed by atoms with E-state index in [0.29, 0.717) is 43.8 Å². The van der Waals surface area contributed by atoms with Crippen LogP contribution in [0.25, 0.3) is 0 Å². The van der Waals surface area contributed by atoms with Crippen LogP contribution in [0.2, 0.25) is 0 Å². The van der Waals surface area contributed by atoms with Crippen molar-refractivity contribution < 1.29 is 27.8 Å². The predicted octanol–water partition coefficient (Wildman–Crippen LogP) is 4.37. The number of phenols is 1. The van der Waals surface area contributed by atoms with E-state index in [-0.39, 0.29) is 47.8 Å². The molecule has 7 N–H and O–H groups in total. The highest BCUT2D eigenvalue weighted by Gasteiger charge is 2.35. The Hall–Kier alpha value is -3.96. The van der Waals surface area contributed by atoms with Gasteiger partial charge in [0.2, 0.25) is 5.91 Å². The number of likely N-dealkylation sites (tertiary alicyclic amines) is 1. The zero-order chi connectivity index (χ0) is 27.2. The number of nitrogen functional groups attached to an aromatic ring is 1. The van der Waals surface area contributed by atoms with Crippen molar-refractivity contribution in [2.45, 2.75) is 44.9 Å². The van der Waals surface area contributed by atoms with E-state index >= 15 is 0 Å². The van der Waals surface area contributed by atoms with Crippen LogP contribution < -0.4 is 21.1 Å². The van der Waals surface area contributed by atoms with Gasteiger partial charge in [-0.3, -0.25) is 15.6 Å². The number of benzene rings is 2. The molecule has 1 aliphatic heterocycles. The zero-order valence-electron chi connectivity index (χ0n) is 20.4. The number of hydrogen-bond donors (Lipinski definition) is 6. The second kappa shape index (κ2) is 11.8. The van der Waals surface area contributed by atoms with E-state index in [9.17, 15) is 23.1 Å². The first-order valence-electron chi connectivity index (χ1n) is 11.8. The van der Waals surface area contributed by atoms with Crippen molar-refractivity contribution in [2.24, 2.45) is 5.73 Å². The van der Waals surface area contributed by atoms with Crippen LogP contribution in [0.5, 0.6) is 11.5 Å². The molecule has 2 aromatic rings. The first kappa shape index (κ1) is 27.6. The Labute approximate surface area is 212 Å². The Balaban J connectivity index is 1.53. The average Bonchev–Trinajstić information content (AvgIpc) is 2.83. The van der Waals surface area contributed by atoms with Crippen LogP contribution in [0.4, 0.5) is 24.5 Å². The van der Waals surface area contributed by atoms with Crippen molar-refractivity contribution >= 4 is 29.0 Å². The number of carbonyl (C=O) groups is 1. The molecule has 3 rings (SSSR count). The van der Waals surface area contributed by atoms with Crippen LogP contribution in [0.15, 0.2) is 36.4 Å². The maximum Gasteiger partial charge on any atom is 0.420 e. The van der Waals surface area contributed by atoms with Gasteiger partial charge in [-0.1, -0.05) is 0 Å². The molecule has 37 heavy (non-hydrogen) atoms. The van der Waals surface area contributed by atoms with Crippen molar-refractivity contribution in [1.82, 2.24) is 4.90 Å². The Morgan fingerprint density at radius 1 is 1.19 bits per heavy atom. The van der Waals surface area contributed by atoms with Gasteiger partial charge in [0.15, 0.2) is 0 Å². The standard InChI is InChI=1S/C25H31F3N6O3/c1-15(29)34-11-8-18(9-12-34)37-22-7-5-17(14-19(22)25(26,27)28)32-10-2-3-23(36)33-20-13-16(24(30)31)4-6-21(20)35/h4-7,13-14,18,29,32,35H,2-3,8-12H2,1H3,(H3,30,31)(H,33,36). The van der Waals surface area contributed by atoms with Crippen molar-refractivity contribution in [3.63, 3.8) is 0 Å². The number of aromatic hydroxyl groups is 1. The van der Waals surface area contributed by atoms with Gasteiger partial charge in [-0.05, 0) is 49.7 Å². The minimum atomic E-state index is -4.60. The SMILES string of the molecule is CC(=N)N1CCC(Oc2ccc(NCCCC(=O)Nc3cc(C(=N)N)ccc3O)cc2C(F)(F)F)CC1. The third-order valence-corrected chi connectivity index (χ3v) is 5.99. The van der Waals surface area contributed by atoms with Gasteiger partial charge in [0, 0.05) is 50.1 Å². The number of piperidine rings is 1. The topological polar surface area (TPSA) is 148 Å². The molecule has 0 atom stereocenters. The Morgan fingerprint density at radius 3 is 2.51 bits per heavy atom.